The molecule has 0 fully saturated rings. The molecular formula is C44H81N5O13. The normalized spacial score (nSPS) is 12.1. The zero-order valence-electron chi connectivity index (χ0n) is 37.7. The molecule has 0 aliphatic rings. The number of unbranched alkanes of at least 4 members (excludes halogenated alkanes) is 14. The molecule has 1 unspecified atom stereocenters. The van der Waals surface area contributed by atoms with Gasteiger partial charge in [-0.25, -0.2) is 4.79 Å². The van der Waals surface area contributed by atoms with Crippen molar-refractivity contribution in [2.24, 2.45) is 5.73 Å². The van der Waals surface area contributed by atoms with Gasteiger partial charge in [-0.15, -0.1) is 0 Å². The number of hydrogen-bond donors (Lipinski definition) is 7. The van der Waals surface area contributed by atoms with Gasteiger partial charge < -0.3 is 56.2 Å². The highest BCUT2D eigenvalue weighted by molar-refractivity contribution is 5.85. The van der Waals surface area contributed by atoms with Gasteiger partial charge in [0, 0.05) is 45.4 Å². The van der Waals surface area contributed by atoms with Crippen LogP contribution >= 0.6 is 0 Å². The molecule has 18 nitrogen and oxygen atoms in total. The lowest BCUT2D eigenvalue weighted by Crippen LogP contribution is -2.41. The van der Waals surface area contributed by atoms with Crippen LogP contribution in [0.1, 0.15) is 148 Å². The Morgan fingerprint density at radius 3 is 1.58 bits per heavy atom. The highest BCUT2D eigenvalue weighted by Gasteiger charge is 2.21. The molecule has 0 aromatic heterocycles. The van der Waals surface area contributed by atoms with E-state index in [2.05, 4.69) is 21.3 Å². The van der Waals surface area contributed by atoms with Gasteiger partial charge in [-0.2, -0.15) is 0 Å². The van der Waals surface area contributed by atoms with Gasteiger partial charge in [0.2, 0.25) is 17.7 Å². The molecule has 0 heterocycles. The van der Waals surface area contributed by atoms with E-state index in [1.165, 1.54) is 44.9 Å². The van der Waals surface area contributed by atoms with Crippen LogP contribution < -0.4 is 27.0 Å². The molecule has 0 saturated carbocycles. The van der Waals surface area contributed by atoms with Crippen LogP contribution in [0, 0.1) is 0 Å². The van der Waals surface area contributed by atoms with Crippen LogP contribution in [0.3, 0.4) is 0 Å². The van der Waals surface area contributed by atoms with Crippen molar-refractivity contribution in [3.63, 3.8) is 0 Å². The van der Waals surface area contributed by atoms with Crippen molar-refractivity contribution >= 4 is 41.2 Å². The molecule has 0 rings (SSSR count). The second-order valence-corrected chi connectivity index (χ2v) is 15.5. The number of carbonyl (C=O) groups excluding carboxylic acids is 5. The van der Waals surface area contributed by atoms with Crippen molar-refractivity contribution in [1.29, 1.82) is 0 Å². The SMILES string of the molecule is CN[C@@H](CCCCNC(=O)COCCOCCCC(=O)COCCOCCNC(=O)CCC(NC(=O)CCCCCCCCCCCCCCCCC(=O)O)C(=O)O)C(=O)CN. The molecule has 8 N–H and O–H groups in total. The molecule has 3 amide bonds. The topological polar surface area (TPSA) is 271 Å². The second kappa shape index (κ2) is 42.7. The minimum Gasteiger partial charge on any atom is -0.481 e. The number of carboxylic acid groups (broad SMARTS) is 2. The quantitative estimate of drug-likeness (QED) is 0.0431. The summed E-state index contributed by atoms with van der Waals surface area (Å²) in [5, 5.41) is 29.1. The summed E-state index contributed by atoms with van der Waals surface area (Å²) in [7, 11) is 1.72. The van der Waals surface area contributed by atoms with Crippen LogP contribution in [0.5, 0.6) is 0 Å². The lowest BCUT2D eigenvalue weighted by Gasteiger charge is -2.14. The molecule has 0 radical (unpaired) electrons. The number of nitrogens with one attached hydrogen (secondary N) is 4. The van der Waals surface area contributed by atoms with Gasteiger partial charge in [-0.1, -0.05) is 77.0 Å². The summed E-state index contributed by atoms with van der Waals surface area (Å²) in [6.07, 6.45) is 18.5. The number of rotatable bonds is 47. The molecule has 0 bridgehead atoms. The summed E-state index contributed by atoms with van der Waals surface area (Å²) in [4.78, 5) is 82.2. The van der Waals surface area contributed by atoms with Crippen molar-refractivity contribution in [3.05, 3.63) is 0 Å². The molecule has 0 spiro atoms. The van der Waals surface area contributed by atoms with E-state index >= 15 is 0 Å². The summed E-state index contributed by atoms with van der Waals surface area (Å²) in [6.45, 7) is 2.15. The fourth-order valence-electron chi connectivity index (χ4n) is 6.43. The first-order chi connectivity index (χ1) is 30.0. The van der Waals surface area contributed by atoms with Crippen molar-refractivity contribution in [2.45, 2.75) is 160 Å². The van der Waals surface area contributed by atoms with Crippen LogP contribution in [0.4, 0.5) is 0 Å². The minimum absolute atomic E-state index is 0.00549. The third-order valence-corrected chi connectivity index (χ3v) is 10.1. The van der Waals surface area contributed by atoms with Crippen molar-refractivity contribution in [2.75, 3.05) is 79.5 Å². The monoisotopic (exact) mass is 888 g/mol. The fourth-order valence-corrected chi connectivity index (χ4v) is 6.43. The van der Waals surface area contributed by atoms with E-state index in [0.29, 0.717) is 45.4 Å². The largest absolute Gasteiger partial charge is 0.481 e. The summed E-state index contributed by atoms with van der Waals surface area (Å²) >= 11 is 0. The number of nitrogens with two attached hydrogens (primary N) is 1. The Hall–Kier alpha value is -3.55. The molecule has 0 aromatic carbocycles. The average Bonchev–Trinajstić information content (AvgIpc) is 3.24. The Kier molecular flexibility index (Phi) is 40.3. The first kappa shape index (κ1) is 58.5. The Labute approximate surface area is 369 Å². The maximum Gasteiger partial charge on any atom is 0.326 e. The molecule has 360 valence electrons. The van der Waals surface area contributed by atoms with Crippen molar-refractivity contribution < 1.29 is 62.7 Å². The van der Waals surface area contributed by atoms with Crippen LogP contribution in [0.15, 0.2) is 0 Å². The number of amides is 3. The van der Waals surface area contributed by atoms with E-state index in [9.17, 15) is 38.7 Å². The molecule has 2 atom stereocenters. The Balaban J connectivity index is 3.66. The number of carbonyl (C=O) groups is 7. The number of carboxylic acids is 2. The average molecular weight is 888 g/mol. The van der Waals surface area contributed by atoms with Gasteiger partial charge in [-0.3, -0.25) is 28.8 Å². The Morgan fingerprint density at radius 1 is 0.484 bits per heavy atom. The van der Waals surface area contributed by atoms with E-state index in [1.807, 2.05) is 0 Å². The van der Waals surface area contributed by atoms with Gasteiger partial charge in [-0.05, 0) is 52.0 Å². The Bertz CT molecular complexity index is 1210. The van der Waals surface area contributed by atoms with Crippen molar-refractivity contribution in [1.82, 2.24) is 21.3 Å². The van der Waals surface area contributed by atoms with Gasteiger partial charge in [0.25, 0.3) is 0 Å². The number of ketones is 2. The van der Waals surface area contributed by atoms with E-state index in [1.54, 1.807) is 7.05 Å². The highest BCUT2D eigenvalue weighted by Crippen LogP contribution is 2.14. The van der Waals surface area contributed by atoms with Crippen molar-refractivity contribution in [3.8, 4) is 0 Å². The number of ether oxygens (including phenoxy) is 4. The first-order valence-corrected chi connectivity index (χ1v) is 23.0. The zero-order chi connectivity index (χ0) is 45.9. The molecular weight excluding hydrogens is 807 g/mol. The van der Waals surface area contributed by atoms with Gasteiger partial charge in [0.15, 0.2) is 11.6 Å². The predicted molar refractivity (Wildman–Crippen MR) is 235 cm³/mol. The standard InChI is InChI=1S/C44H81N5O13/c1-46-37(39(51)33-45)20-16-17-25-47-42(54)35-62-32-29-59-27-18-19-36(50)34-61-31-30-60-28-26-48-40(52)24-23-38(44(57)58)49-41(53)21-14-12-10-8-6-4-2-3-5-7-9-11-13-15-22-43(55)56/h37-38,46H,2-35,45H2,1H3,(H,47,54)(H,48,52)(H,49,53)(H,55,56)(H,57,58)/t37-,38?/m0/s1. The third kappa shape index (κ3) is 39.3. The maximum absolute atomic E-state index is 12.3. The second-order valence-electron chi connectivity index (χ2n) is 15.5. The third-order valence-electron chi connectivity index (χ3n) is 10.1. The van der Waals surface area contributed by atoms with Crippen LogP contribution in [-0.2, 0) is 52.5 Å². The van der Waals surface area contributed by atoms with Gasteiger partial charge in [0.1, 0.15) is 19.3 Å². The smallest absolute Gasteiger partial charge is 0.326 e. The molecule has 0 aliphatic carbocycles. The zero-order valence-corrected chi connectivity index (χ0v) is 37.7. The Morgan fingerprint density at radius 2 is 1.02 bits per heavy atom. The van der Waals surface area contributed by atoms with E-state index in [4.69, 9.17) is 29.8 Å². The maximum atomic E-state index is 12.3. The number of aliphatic carboxylic acids is 2. The summed E-state index contributed by atoms with van der Waals surface area (Å²) in [5.74, 6) is -2.89. The summed E-state index contributed by atoms with van der Waals surface area (Å²) < 4.78 is 21.5. The first-order valence-electron chi connectivity index (χ1n) is 23.0. The lowest BCUT2D eigenvalue weighted by atomic mass is 10.0. The molecule has 0 aromatic rings. The highest BCUT2D eigenvalue weighted by atomic mass is 16.5. The van der Waals surface area contributed by atoms with E-state index in [-0.39, 0.29) is 114 Å². The van der Waals surface area contributed by atoms with E-state index in [0.717, 1.165) is 51.4 Å². The molecule has 0 saturated heterocycles. The van der Waals surface area contributed by atoms with Crippen LogP contribution in [-0.4, -0.2) is 143 Å². The fraction of sp³-hybridized carbons (Fsp3) is 0.841. The van der Waals surface area contributed by atoms with Crippen LogP contribution in [0.25, 0.3) is 0 Å². The van der Waals surface area contributed by atoms with Gasteiger partial charge >= 0.3 is 11.9 Å². The molecule has 0 aliphatic heterocycles. The van der Waals surface area contributed by atoms with Gasteiger partial charge in [0.05, 0.1) is 45.6 Å². The molecule has 62 heavy (non-hydrogen) atoms. The van der Waals surface area contributed by atoms with Crippen LogP contribution in [0.2, 0.25) is 0 Å². The molecule has 18 heteroatoms. The number of Topliss-reactive ketones (excluding diaryl/α,β-unsaturated/α-hetero) is 2. The van der Waals surface area contributed by atoms with E-state index < -0.39 is 18.0 Å². The predicted octanol–water partition coefficient (Wildman–Crippen LogP) is 3.60. The summed E-state index contributed by atoms with van der Waals surface area (Å²) in [5.41, 5.74) is 5.39. The number of hydrogen-bond acceptors (Lipinski definition) is 13. The number of likely N-dealkylation sites (N-methyl/N-ethyl adjacent to an activating group) is 1. The minimum atomic E-state index is -1.18. The summed E-state index contributed by atoms with van der Waals surface area (Å²) in [6, 6.07) is -1.39. The lowest BCUT2D eigenvalue weighted by molar-refractivity contribution is -0.142.